The molecule has 1 aliphatic carbocycles. The van der Waals surface area contributed by atoms with Gasteiger partial charge in [-0.15, -0.1) is 24.0 Å². The van der Waals surface area contributed by atoms with Crippen molar-refractivity contribution in [3.05, 3.63) is 35.4 Å². The van der Waals surface area contributed by atoms with E-state index in [1.165, 1.54) is 32.1 Å². The Bertz CT molecular complexity index is 685. The fourth-order valence-electron chi connectivity index (χ4n) is 4.39. The lowest BCUT2D eigenvalue weighted by Gasteiger charge is -2.26. The first-order valence-electron chi connectivity index (χ1n) is 10.4. The van der Waals surface area contributed by atoms with Crippen LogP contribution in [0.15, 0.2) is 29.3 Å². The highest BCUT2D eigenvalue weighted by molar-refractivity contribution is 14.0. The number of amides is 1. The number of nitrogens with one attached hydrogen (secondary N) is 2. The van der Waals surface area contributed by atoms with Crippen LogP contribution in [0.3, 0.4) is 0 Å². The molecule has 1 saturated heterocycles. The van der Waals surface area contributed by atoms with Crippen LogP contribution in [0.5, 0.6) is 0 Å². The lowest BCUT2D eigenvalue weighted by Crippen LogP contribution is -2.40. The minimum atomic E-state index is -0.00157. The molecular weight excluding hydrogens is 463 g/mol. The molecular formula is C22H35IN4O. The van der Waals surface area contributed by atoms with Crippen molar-refractivity contribution in [3.63, 3.8) is 0 Å². The van der Waals surface area contributed by atoms with Crippen molar-refractivity contribution >= 4 is 35.8 Å². The monoisotopic (exact) mass is 498 g/mol. The zero-order valence-corrected chi connectivity index (χ0v) is 19.8. The number of hydrogen-bond donors (Lipinski definition) is 2. The molecule has 6 heteroatoms. The topological polar surface area (TPSA) is 56.7 Å². The smallest absolute Gasteiger partial charge is 0.251 e. The third-order valence-corrected chi connectivity index (χ3v) is 6.24. The zero-order valence-electron chi connectivity index (χ0n) is 17.5. The van der Waals surface area contributed by atoms with Gasteiger partial charge in [0.2, 0.25) is 0 Å². The Kier molecular flexibility index (Phi) is 8.58. The van der Waals surface area contributed by atoms with E-state index < -0.39 is 0 Å². The predicted molar refractivity (Wildman–Crippen MR) is 126 cm³/mol. The highest BCUT2D eigenvalue weighted by Crippen LogP contribution is 2.45. The molecule has 0 radical (unpaired) electrons. The van der Waals surface area contributed by atoms with Crippen molar-refractivity contribution in [2.45, 2.75) is 65.0 Å². The Morgan fingerprint density at radius 1 is 1.29 bits per heavy atom. The Labute approximate surface area is 186 Å². The molecule has 0 bridgehead atoms. The molecule has 28 heavy (non-hydrogen) atoms. The van der Waals surface area contributed by atoms with E-state index in [2.05, 4.69) is 33.5 Å². The molecule has 1 heterocycles. The number of nitrogens with zero attached hydrogens (tertiary/aromatic N) is 2. The molecule has 2 fully saturated rings. The van der Waals surface area contributed by atoms with Gasteiger partial charge in [-0.1, -0.05) is 31.9 Å². The minimum absolute atomic E-state index is 0. The average Bonchev–Trinajstić information content (AvgIpc) is 3.32. The quantitative estimate of drug-likeness (QED) is 0.364. The van der Waals surface area contributed by atoms with Gasteiger partial charge in [-0.2, -0.15) is 0 Å². The molecule has 1 aliphatic heterocycles. The molecule has 1 unspecified atom stereocenters. The lowest BCUT2D eigenvalue weighted by atomic mass is 9.86. The van der Waals surface area contributed by atoms with E-state index in [1.54, 1.807) is 0 Å². The summed E-state index contributed by atoms with van der Waals surface area (Å²) in [5.41, 5.74) is 2.35. The minimum Gasteiger partial charge on any atom is -0.352 e. The molecule has 1 aromatic rings. The highest BCUT2D eigenvalue weighted by Gasteiger charge is 2.41. The van der Waals surface area contributed by atoms with Crippen LogP contribution in [0.2, 0.25) is 0 Å². The first-order valence-corrected chi connectivity index (χ1v) is 10.4. The molecule has 1 saturated carbocycles. The lowest BCUT2D eigenvalue weighted by molar-refractivity contribution is 0.0939. The number of likely N-dealkylation sites (tertiary alicyclic amines) is 1. The molecule has 2 aliphatic rings. The Morgan fingerprint density at radius 3 is 2.71 bits per heavy atom. The molecule has 1 amide bonds. The number of carbonyl (C=O) groups is 1. The normalized spacial score (nSPS) is 19.4. The molecule has 3 rings (SSSR count). The molecule has 156 valence electrons. The summed E-state index contributed by atoms with van der Waals surface area (Å²) in [6.45, 7) is 7.01. The second-order valence-electron chi connectivity index (χ2n) is 8.26. The van der Waals surface area contributed by atoms with Gasteiger partial charge in [0.1, 0.15) is 0 Å². The molecule has 5 nitrogen and oxygen atoms in total. The second-order valence-corrected chi connectivity index (χ2v) is 8.26. The van der Waals surface area contributed by atoms with Gasteiger partial charge in [0.05, 0.1) is 0 Å². The molecule has 1 spiro atoms. The van der Waals surface area contributed by atoms with E-state index in [1.807, 2.05) is 32.2 Å². The summed E-state index contributed by atoms with van der Waals surface area (Å²) in [5, 5.41) is 6.53. The standard InChI is InChI=1S/C22H34N4O.HI/c1-4-17(2)25-20(27)19-9-7-8-18(14-19)15-24-21(23-3)26-13-12-22(16-26)10-5-6-11-22;/h7-9,14,17H,4-6,10-13,15-16H2,1-3H3,(H,23,24)(H,25,27);1H. The van der Waals surface area contributed by atoms with Crippen LogP contribution in [-0.2, 0) is 6.54 Å². The summed E-state index contributed by atoms with van der Waals surface area (Å²) in [4.78, 5) is 19.3. The van der Waals surface area contributed by atoms with Gasteiger partial charge in [0.25, 0.3) is 5.91 Å². The second kappa shape index (κ2) is 10.5. The van der Waals surface area contributed by atoms with E-state index in [0.29, 0.717) is 12.0 Å². The van der Waals surface area contributed by atoms with Crippen LogP contribution in [0.4, 0.5) is 0 Å². The van der Waals surface area contributed by atoms with E-state index in [0.717, 1.165) is 36.6 Å². The van der Waals surface area contributed by atoms with E-state index in [9.17, 15) is 4.79 Å². The fraction of sp³-hybridized carbons (Fsp3) is 0.636. The Morgan fingerprint density at radius 2 is 2.04 bits per heavy atom. The number of halogens is 1. The van der Waals surface area contributed by atoms with Gasteiger partial charge in [-0.05, 0) is 55.7 Å². The fourth-order valence-corrected chi connectivity index (χ4v) is 4.39. The number of rotatable bonds is 5. The van der Waals surface area contributed by atoms with Gasteiger partial charge in [0.15, 0.2) is 5.96 Å². The van der Waals surface area contributed by atoms with Gasteiger partial charge >= 0.3 is 0 Å². The summed E-state index contributed by atoms with van der Waals surface area (Å²) < 4.78 is 0. The van der Waals surface area contributed by atoms with Crippen molar-refractivity contribution < 1.29 is 4.79 Å². The van der Waals surface area contributed by atoms with Gasteiger partial charge in [-0.3, -0.25) is 9.79 Å². The van der Waals surface area contributed by atoms with Crippen molar-refractivity contribution in [2.24, 2.45) is 10.4 Å². The maximum atomic E-state index is 12.3. The molecule has 2 N–H and O–H groups in total. The Balaban J connectivity index is 0.00000280. The van der Waals surface area contributed by atoms with Crippen molar-refractivity contribution in [1.29, 1.82) is 0 Å². The summed E-state index contributed by atoms with van der Waals surface area (Å²) in [6, 6.07) is 8.05. The SMILES string of the molecule is CCC(C)NC(=O)c1cccc(CNC(=NC)N2CCC3(CCCC3)C2)c1.I. The van der Waals surface area contributed by atoms with Crippen molar-refractivity contribution in [1.82, 2.24) is 15.5 Å². The summed E-state index contributed by atoms with van der Waals surface area (Å²) in [7, 11) is 1.86. The van der Waals surface area contributed by atoms with Gasteiger partial charge in [0, 0.05) is 38.3 Å². The van der Waals surface area contributed by atoms with Crippen LogP contribution in [0.25, 0.3) is 0 Å². The number of hydrogen-bond acceptors (Lipinski definition) is 2. The first-order chi connectivity index (χ1) is 13.0. The molecule has 1 atom stereocenters. The van der Waals surface area contributed by atoms with Crippen LogP contribution >= 0.6 is 24.0 Å². The third-order valence-electron chi connectivity index (χ3n) is 6.24. The van der Waals surface area contributed by atoms with Crippen molar-refractivity contribution in [2.75, 3.05) is 20.1 Å². The van der Waals surface area contributed by atoms with E-state index >= 15 is 0 Å². The molecule has 1 aromatic carbocycles. The number of aliphatic imine (C=N–C) groups is 1. The van der Waals surface area contributed by atoms with E-state index in [-0.39, 0.29) is 35.9 Å². The van der Waals surface area contributed by atoms with Crippen molar-refractivity contribution in [3.8, 4) is 0 Å². The Hall–Kier alpha value is -1.31. The summed E-state index contributed by atoms with van der Waals surface area (Å²) >= 11 is 0. The van der Waals surface area contributed by atoms with E-state index in [4.69, 9.17) is 0 Å². The van der Waals surface area contributed by atoms with Crippen LogP contribution in [-0.4, -0.2) is 42.9 Å². The van der Waals surface area contributed by atoms with Gasteiger partial charge < -0.3 is 15.5 Å². The largest absolute Gasteiger partial charge is 0.352 e. The third kappa shape index (κ3) is 5.61. The number of benzene rings is 1. The van der Waals surface area contributed by atoms with Gasteiger partial charge in [-0.25, -0.2) is 0 Å². The summed E-state index contributed by atoms with van der Waals surface area (Å²) in [5.74, 6) is 0.978. The highest BCUT2D eigenvalue weighted by atomic mass is 127. The van der Waals surface area contributed by atoms with Crippen LogP contribution in [0.1, 0.15) is 68.3 Å². The zero-order chi connectivity index (χ0) is 19.3. The maximum absolute atomic E-state index is 12.3. The van der Waals surface area contributed by atoms with Crippen LogP contribution in [0, 0.1) is 5.41 Å². The maximum Gasteiger partial charge on any atom is 0.251 e. The number of carbonyl (C=O) groups excluding carboxylic acids is 1. The predicted octanol–water partition coefficient (Wildman–Crippen LogP) is 4.17. The van der Waals surface area contributed by atoms with Crippen LogP contribution < -0.4 is 10.6 Å². The first kappa shape index (κ1) is 23.0. The molecule has 0 aromatic heterocycles. The average molecular weight is 498 g/mol. The number of guanidine groups is 1. The summed E-state index contributed by atoms with van der Waals surface area (Å²) in [6.07, 6.45) is 7.72.